The van der Waals surface area contributed by atoms with Crippen LogP contribution in [0.5, 0.6) is 0 Å². The molecule has 96 valence electrons. The van der Waals surface area contributed by atoms with E-state index in [-0.39, 0.29) is 6.04 Å². The Balaban J connectivity index is 0. The third-order valence-corrected chi connectivity index (χ3v) is 2.13. The Kier molecular flexibility index (Phi) is 8.96. The second-order valence-electron chi connectivity index (χ2n) is 2.73. The predicted molar refractivity (Wildman–Crippen MR) is 60.0 cm³/mol. The first-order valence-electron chi connectivity index (χ1n) is 4.38. The standard InChI is InChI=1S/C7H14N2O.CH4O4S/c1-4-6(9-3)5(2)7(8)10;1-5-6(2,3)4/h6,9H,2,4H2,1,3H3,(H2,8,10);1H3,(H,2,3,4). The molecule has 0 heterocycles. The largest absolute Gasteiger partial charge is 0.397 e. The maximum Gasteiger partial charge on any atom is 0.397 e. The molecule has 0 bridgehead atoms. The molecule has 16 heavy (non-hydrogen) atoms. The van der Waals surface area contributed by atoms with Gasteiger partial charge in [-0.1, -0.05) is 13.5 Å². The number of rotatable bonds is 5. The molecule has 0 fully saturated rings. The number of likely N-dealkylation sites (N-methyl/N-ethyl adjacent to an activating group) is 1. The van der Waals surface area contributed by atoms with Gasteiger partial charge in [0, 0.05) is 11.6 Å². The Morgan fingerprint density at radius 1 is 1.62 bits per heavy atom. The number of hydrogen-bond donors (Lipinski definition) is 3. The first-order valence-corrected chi connectivity index (χ1v) is 5.75. The molecule has 1 unspecified atom stereocenters. The summed E-state index contributed by atoms with van der Waals surface area (Å²) < 4.78 is 29.7. The lowest BCUT2D eigenvalue weighted by Gasteiger charge is -2.13. The highest BCUT2D eigenvalue weighted by Gasteiger charge is 2.11. The fourth-order valence-electron chi connectivity index (χ4n) is 0.796. The minimum atomic E-state index is -4.16. The van der Waals surface area contributed by atoms with Crippen molar-refractivity contribution >= 4 is 16.3 Å². The van der Waals surface area contributed by atoms with Crippen LogP contribution in [0.4, 0.5) is 0 Å². The topological polar surface area (TPSA) is 119 Å². The van der Waals surface area contributed by atoms with Crippen LogP contribution in [0.25, 0.3) is 0 Å². The molecule has 7 nitrogen and oxygen atoms in total. The van der Waals surface area contributed by atoms with E-state index in [2.05, 4.69) is 16.1 Å². The molecule has 4 N–H and O–H groups in total. The number of primary amides is 1. The molecule has 8 heteroatoms. The fourth-order valence-corrected chi connectivity index (χ4v) is 0.796. The summed E-state index contributed by atoms with van der Waals surface area (Å²) in [7, 11) is -1.51. The van der Waals surface area contributed by atoms with Gasteiger partial charge in [-0.2, -0.15) is 8.42 Å². The first-order chi connectivity index (χ1) is 7.19. The number of carbonyl (C=O) groups is 1. The molecule has 0 saturated carbocycles. The number of carbonyl (C=O) groups excluding carboxylic acids is 1. The summed E-state index contributed by atoms with van der Waals surface area (Å²) in [4.78, 5) is 10.5. The Morgan fingerprint density at radius 2 is 2.00 bits per heavy atom. The zero-order chi connectivity index (χ0) is 13.4. The van der Waals surface area contributed by atoms with E-state index >= 15 is 0 Å². The van der Waals surface area contributed by atoms with Crippen molar-refractivity contribution < 1.29 is 21.9 Å². The molecule has 0 aliphatic rings. The molecule has 0 aromatic heterocycles. The van der Waals surface area contributed by atoms with Gasteiger partial charge in [-0.05, 0) is 13.5 Å². The van der Waals surface area contributed by atoms with Crippen LogP contribution in [-0.2, 0) is 19.4 Å². The molecule has 1 atom stereocenters. The Morgan fingerprint density at radius 3 is 2.06 bits per heavy atom. The Labute approximate surface area is 95.6 Å². The normalized spacial score (nSPS) is 12.2. The summed E-state index contributed by atoms with van der Waals surface area (Å²) in [5.41, 5.74) is 5.46. The maximum absolute atomic E-state index is 10.5. The maximum atomic E-state index is 10.5. The van der Waals surface area contributed by atoms with E-state index in [1.165, 1.54) is 0 Å². The summed E-state index contributed by atoms with van der Waals surface area (Å²) in [6.07, 6.45) is 0.832. The molecule has 0 aromatic rings. The van der Waals surface area contributed by atoms with Gasteiger partial charge in [0.15, 0.2) is 0 Å². The van der Waals surface area contributed by atoms with Crippen molar-refractivity contribution in [3.8, 4) is 0 Å². The zero-order valence-corrected chi connectivity index (χ0v) is 10.4. The lowest BCUT2D eigenvalue weighted by Crippen LogP contribution is -2.32. The van der Waals surface area contributed by atoms with Gasteiger partial charge in [-0.3, -0.25) is 13.5 Å². The molecule has 0 radical (unpaired) electrons. The highest BCUT2D eigenvalue weighted by Crippen LogP contribution is 2.01. The molecule has 0 aliphatic carbocycles. The Bertz CT molecular complexity index is 321. The van der Waals surface area contributed by atoms with Crippen molar-refractivity contribution in [2.45, 2.75) is 19.4 Å². The van der Waals surface area contributed by atoms with Gasteiger partial charge in [-0.25, -0.2) is 0 Å². The summed E-state index contributed by atoms with van der Waals surface area (Å²) >= 11 is 0. The lowest BCUT2D eigenvalue weighted by molar-refractivity contribution is -0.114. The van der Waals surface area contributed by atoms with Crippen LogP contribution in [-0.4, -0.2) is 39.1 Å². The molecule has 0 aromatic carbocycles. The van der Waals surface area contributed by atoms with Crippen molar-refractivity contribution in [1.29, 1.82) is 0 Å². The summed E-state index contributed by atoms with van der Waals surface area (Å²) in [5.74, 6) is -0.429. The van der Waals surface area contributed by atoms with E-state index in [4.69, 9.17) is 10.3 Å². The molecule has 0 saturated heterocycles. The van der Waals surface area contributed by atoms with Crippen LogP contribution in [0.15, 0.2) is 12.2 Å². The summed E-state index contributed by atoms with van der Waals surface area (Å²) in [6.45, 7) is 5.53. The van der Waals surface area contributed by atoms with Crippen LogP contribution in [0.3, 0.4) is 0 Å². The van der Waals surface area contributed by atoms with Crippen LogP contribution >= 0.6 is 0 Å². The van der Waals surface area contributed by atoms with Gasteiger partial charge in [0.2, 0.25) is 5.91 Å². The van der Waals surface area contributed by atoms with E-state index in [1.807, 2.05) is 6.92 Å². The van der Waals surface area contributed by atoms with E-state index in [0.717, 1.165) is 13.5 Å². The first kappa shape index (κ1) is 17.4. The van der Waals surface area contributed by atoms with Gasteiger partial charge < -0.3 is 11.1 Å². The minimum Gasteiger partial charge on any atom is -0.366 e. The SMILES string of the molecule is C=C(C(N)=O)C(CC)NC.COS(=O)(=O)O. The van der Waals surface area contributed by atoms with Crippen LogP contribution in [0.2, 0.25) is 0 Å². The number of nitrogens with one attached hydrogen (secondary N) is 1. The second-order valence-corrected chi connectivity index (χ2v) is 3.92. The minimum absolute atomic E-state index is 0.0255. The van der Waals surface area contributed by atoms with E-state index in [9.17, 15) is 13.2 Å². The quantitative estimate of drug-likeness (QED) is 0.448. The molecule has 0 aliphatic heterocycles. The van der Waals surface area contributed by atoms with Crippen LogP contribution < -0.4 is 11.1 Å². The average Bonchev–Trinajstić information content (AvgIpc) is 2.19. The van der Waals surface area contributed by atoms with Crippen LogP contribution in [0.1, 0.15) is 13.3 Å². The highest BCUT2D eigenvalue weighted by atomic mass is 32.3. The van der Waals surface area contributed by atoms with Crippen molar-refractivity contribution in [3.63, 3.8) is 0 Å². The summed E-state index contributed by atoms with van der Waals surface area (Å²) in [6, 6.07) is 0.0255. The number of hydrogen-bond acceptors (Lipinski definition) is 5. The third kappa shape index (κ3) is 9.59. The van der Waals surface area contributed by atoms with Gasteiger partial charge in [0.1, 0.15) is 0 Å². The van der Waals surface area contributed by atoms with Crippen molar-refractivity contribution in [2.24, 2.45) is 5.73 Å². The zero-order valence-electron chi connectivity index (χ0n) is 9.56. The van der Waals surface area contributed by atoms with Crippen molar-refractivity contribution in [2.75, 3.05) is 14.2 Å². The molecule has 0 spiro atoms. The van der Waals surface area contributed by atoms with Gasteiger partial charge in [-0.15, -0.1) is 0 Å². The van der Waals surface area contributed by atoms with Gasteiger partial charge in [0.25, 0.3) is 0 Å². The van der Waals surface area contributed by atoms with E-state index < -0.39 is 16.3 Å². The summed E-state index contributed by atoms with van der Waals surface area (Å²) in [5, 5.41) is 2.93. The second kappa shape index (κ2) is 8.22. The van der Waals surface area contributed by atoms with Crippen LogP contribution in [0, 0.1) is 0 Å². The molecule has 0 rings (SSSR count). The van der Waals surface area contributed by atoms with E-state index in [0.29, 0.717) is 5.57 Å². The predicted octanol–water partition coefficient (Wildman–Crippen LogP) is -0.538. The third-order valence-electron chi connectivity index (χ3n) is 1.70. The highest BCUT2D eigenvalue weighted by molar-refractivity contribution is 7.80. The fraction of sp³-hybridized carbons (Fsp3) is 0.625. The van der Waals surface area contributed by atoms with Crippen molar-refractivity contribution in [1.82, 2.24) is 5.32 Å². The average molecular weight is 254 g/mol. The number of nitrogens with two attached hydrogens (primary N) is 1. The van der Waals surface area contributed by atoms with E-state index in [1.54, 1.807) is 7.05 Å². The monoisotopic (exact) mass is 254 g/mol. The molecule has 1 amide bonds. The number of amides is 1. The molecular formula is C8H18N2O5S. The van der Waals surface area contributed by atoms with Gasteiger partial charge in [0.05, 0.1) is 7.11 Å². The Hall–Kier alpha value is -0.960. The smallest absolute Gasteiger partial charge is 0.366 e. The van der Waals surface area contributed by atoms with Gasteiger partial charge >= 0.3 is 10.4 Å². The molecular weight excluding hydrogens is 236 g/mol. The van der Waals surface area contributed by atoms with Crippen molar-refractivity contribution in [3.05, 3.63) is 12.2 Å². The lowest BCUT2D eigenvalue weighted by atomic mass is 10.1.